The predicted octanol–water partition coefficient (Wildman–Crippen LogP) is 6.88. The van der Waals surface area contributed by atoms with Gasteiger partial charge in [-0.2, -0.15) is 5.10 Å². The molecule has 0 fully saturated rings. The molecule has 0 aliphatic carbocycles. The van der Waals surface area contributed by atoms with Crippen LogP contribution in [-0.4, -0.2) is 27.5 Å². The monoisotopic (exact) mass is 544 g/mol. The van der Waals surface area contributed by atoms with E-state index >= 15 is 0 Å². The Morgan fingerprint density at radius 2 is 1.86 bits per heavy atom. The Morgan fingerprint density at radius 1 is 1.11 bits per heavy atom. The summed E-state index contributed by atoms with van der Waals surface area (Å²) in [6.45, 7) is 2.49. The molecule has 0 aliphatic rings. The summed E-state index contributed by atoms with van der Waals surface area (Å²) in [4.78, 5) is 13.6. The number of carbonyl (C=O) groups excluding carboxylic acids is 1. The van der Waals surface area contributed by atoms with Gasteiger partial charge in [-0.25, -0.2) is 4.79 Å². The molecule has 0 aliphatic heterocycles. The predicted molar refractivity (Wildman–Crippen MR) is 147 cm³/mol. The molecular formula is C25H22Cl2N4O2S2. The summed E-state index contributed by atoms with van der Waals surface area (Å²) in [5.41, 5.74) is 3.08. The summed E-state index contributed by atoms with van der Waals surface area (Å²) in [5.74, 6) is -0.391. The van der Waals surface area contributed by atoms with Crippen molar-refractivity contribution in [1.29, 1.82) is 0 Å². The van der Waals surface area contributed by atoms with Crippen molar-refractivity contribution in [3.63, 3.8) is 0 Å². The average Bonchev–Trinajstić information content (AvgIpc) is 3.43. The maximum atomic E-state index is 12.5. The van der Waals surface area contributed by atoms with E-state index in [0.717, 1.165) is 16.0 Å². The van der Waals surface area contributed by atoms with Gasteiger partial charge in [0, 0.05) is 33.1 Å². The molecule has 0 bridgehead atoms. The smallest absolute Gasteiger partial charge is 0.341 e. The van der Waals surface area contributed by atoms with Gasteiger partial charge in [-0.1, -0.05) is 59.6 Å². The summed E-state index contributed by atoms with van der Waals surface area (Å²) >= 11 is 19.5. The summed E-state index contributed by atoms with van der Waals surface area (Å²) in [6.07, 6.45) is 4.16. The van der Waals surface area contributed by atoms with Crippen LogP contribution >= 0.6 is 46.8 Å². The number of thiophene rings is 1. The van der Waals surface area contributed by atoms with Crippen molar-refractivity contribution in [2.75, 3.05) is 17.2 Å². The molecule has 35 heavy (non-hydrogen) atoms. The number of aromatic nitrogens is 2. The third kappa shape index (κ3) is 6.61. The zero-order chi connectivity index (χ0) is 24.8. The molecule has 0 saturated heterocycles. The lowest BCUT2D eigenvalue weighted by Gasteiger charge is -2.09. The second-order valence-electron chi connectivity index (χ2n) is 7.54. The number of thiocarbonyl (C=S) groups is 1. The van der Waals surface area contributed by atoms with E-state index in [2.05, 4.69) is 27.9 Å². The quantitative estimate of drug-likeness (QED) is 0.186. The van der Waals surface area contributed by atoms with E-state index < -0.39 is 5.97 Å². The van der Waals surface area contributed by atoms with Crippen molar-refractivity contribution in [1.82, 2.24) is 9.78 Å². The molecule has 0 radical (unpaired) electrons. The van der Waals surface area contributed by atoms with E-state index in [9.17, 15) is 4.79 Å². The lowest BCUT2D eigenvalue weighted by Crippen LogP contribution is -2.19. The summed E-state index contributed by atoms with van der Waals surface area (Å²) in [6, 6.07) is 17.3. The first-order chi connectivity index (χ1) is 16.9. The van der Waals surface area contributed by atoms with Crippen LogP contribution in [0.25, 0.3) is 0 Å². The molecule has 10 heteroatoms. The van der Waals surface area contributed by atoms with Crippen molar-refractivity contribution >= 4 is 68.5 Å². The third-order valence-electron chi connectivity index (χ3n) is 5.00. The summed E-state index contributed by atoms with van der Waals surface area (Å²) < 4.78 is 6.95. The molecular weight excluding hydrogens is 523 g/mol. The fraction of sp³-hybridized carbons (Fsp3) is 0.160. The number of anilines is 2. The van der Waals surface area contributed by atoms with Crippen LogP contribution in [0, 0.1) is 0 Å². The zero-order valence-electron chi connectivity index (χ0n) is 18.8. The van der Waals surface area contributed by atoms with E-state index in [1.165, 1.54) is 11.3 Å². The molecule has 4 aromatic rings. The highest BCUT2D eigenvalue weighted by molar-refractivity contribution is 7.80. The Hall–Kier alpha value is -2.91. The molecule has 2 heterocycles. The first kappa shape index (κ1) is 25.2. The van der Waals surface area contributed by atoms with Crippen LogP contribution in [0.2, 0.25) is 10.0 Å². The van der Waals surface area contributed by atoms with Gasteiger partial charge in [0.15, 0.2) is 5.11 Å². The molecule has 0 unspecified atom stereocenters. The van der Waals surface area contributed by atoms with E-state index in [1.807, 2.05) is 24.3 Å². The number of halogens is 2. The Kier molecular flexibility index (Phi) is 8.41. The van der Waals surface area contributed by atoms with Gasteiger partial charge in [-0.3, -0.25) is 4.68 Å². The number of hydrogen-bond donors (Lipinski definition) is 2. The van der Waals surface area contributed by atoms with Gasteiger partial charge >= 0.3 is 5.97 Å². The van der Waals surface area contributed by atoms with E-state index in [-0.39, 0.29) is 0 Å². The lowest BCUT2D eigenvalue weighted by molar-refractivity contribution is 0.0528. The highest BCUT2D eigenvalue weighted by Gasteiger charge is 2.19. The molecule has 4 rings (SSSR count). The number of nitrogens with zero attached hydrogens (tertiary/aromatic N) is 2. The van der Waals surface area contributed by atoms with Crippen molar-refractivity contribution in [2.24, 2.45) is 0 Å². The Morgan fingerprint density at radius 3 is 2.57 bits per heavy atom. The number of benzene rings is 2. The molecule has 0 atom stereocenters. The first-order valence-corrected chi connectivity index (χ1v) is 12.8. The normalized spacial score (nSPS) is 10.7. The highest BCUT2D eigenvalue weighted by atomic mass is 35.5. The van der Waals surface area contributed by atoms with Gasteiger partial charge in [0.05, 0.1) is 30.6 Å². The zero-order valence-corrected chi connectivity index (χ0v) is 21.9. The summed E-state index contributed by atoms with van der Waals surface area (Å²) in [7, 11) is 0. The van der Waals surface area contributed by atoms with Gasteiger partial charge in [0.1, 0.15) is 5.00 Å². The first-order valence-electron chi connectivity index (χ1n) is 10.8. The SMILES string of the molecule is CCOC(=O)c1cc(Cc2ccccc2)sc1NC(=S)Nc1cnn(Cc2c(Cl)cccc2Cl)c1. The van der Waals surface area contributed by atoms with Crippen LogP contribution in [0.5, 0.6) is 0 Å². The minimum absolute atomic E-state index is 0.291. The fourth-order valence-electron chi connectivity index (χ4n) is 3.40. The number of ether oxygens (including phenoxy) is 1. The number of rotatable bonds is 8. The van der Waals surface area contributed by atoms with Crippen LogP contribution in [-0.2, 0) is 17.7 Å². The number of carbonyl (C=O) groups is 1. The third-order valence-corrected chi connectivity index (χ3v) is 6.96. The van der Waals surface area contributed by atoms with E-state index in [4.69, 9.17) is 40.2 Å². The molecule has 2 aromatic carbocycles. The minimum atomic E-state index is -0.391. The second-order valence-corrected chi connectivity index (χ2v) is 9.90. The van der Waals surface area contributed by atoms with Crippen molar-refractivity contribution in [3.05, 3.63) is 98.6 Å². The Balaban J connectivity index is 1.46. The average molecular weight is 546 g/mol. The van der Waals surface area contributed by atoms with Crippen molar-refractivity contribution in [3.8, 4) is 0 Å². The minimum Gasteiger partial charge on any atom is -0.462 e. The standard InChI is InChI=1S/C25H22Cl2N4O2S2/c1-2-33-24(32)19-12-18(11-16-7-4-3-5-8-16)35-23(19)30-25(34)29-17-13-28-31(14-17)15-20-21(26)9-6-10-22(20)27/h3-10,12-14H,2,11,15H2,1H3,(H2,29,30,34). The maximum Gasteiger partial charge on any atom is 0.341 e. The van der Waals surface area contributed by atoms with Gasteiger partial charge in [0.2, 0.25) is 0 Å². The number of nitrogens with one attached hydrogen (secondary N) is 2. The maximum absolute atomic E-state index is 12.5. The van der Waals surface area contributed by atoms with E-state index in [1.54, 1.807) is 42.2 Å². The Labute approximate surface area is 222 Å². The number of hydrogen-bond acceptors (Lipinski definition) is 5. The largest absolute Gasteiger partial charge is 0.462 e. The fourth-order valence-corrected chi connectivity index (χ4v) is 5.29. The molecule has 0 amide bonds. The van der Waals surface area contributed by atoms with Gasteiger partial charge in [0.25, 0.3) is 0 Å². The number of esters is 1. The van der Waals surface area contributed by atoms with Crippen LogP contribution in [0.3, 0.4) is 0 Å². The lowest BCUT2D eigenvalue weighted by atomic mass is 10.1. The van der Waals surface area contributed by atoms with Crippen LogP contribution in [0.1, 0.15) is 33.3 Å². The topological polar surface area (TPSA) is 68.2 Å². The molecule has 2 aromatic heterocycles. The summed E-state index contributed by atoms with van der Waals surface area (Å²) in [5, 5.41) is 12.7. The van der Waals surface area contributed by atoms with Crippen LogP contribution < -0.4 is 10.6 Å². The second kappa shape index (κ2) is 11.7. The van der Waals surface area contributed by atoms with E-state index in [0.29, 0.717) is 51.0 Å². The van der Waals surface area contributed by atoms with Crippen LogP contribution in [0.4, 0.5) is 10.7 Å². The van der Waals surface area contributed by atoms with Crippen molar-refractivity contribution in [2.45, 2.75) is 19.9 Å². The van der Waals surface area contributed by atoms with Gasteiger partial charge < -0.3 is 15.4 Å². The van der Waals surface area contributed by atoms with Gasteiger partial charge in [-0.05, 0) is 42.9 Å². The molecule has 0 saturated carbocycles. The Bertz CT molecular complexity index is 1320. The highest BCUT2D eigenvalue weighted by Crippen LogP contribution is 2.31. The van der Waals surface area contributed by atoms with Gasteiger partial charge in [-0.15, -0.1) is 11.3 Å². The van der Waals surface area contributed by atoms with Crippen LogP contribution in [0.15, 0.2) is 67.0 Å². The molecule has 180 valence electrons. The van der Waals surface area contributed by atoms with Crippen molar-refractivity contribution < 1.29 is 9.53 Å². The molecule has 2 N–H and O–H groups in total. The molecule has 0 spiro atoms. The molecule has 6 nitrogen and oxygen atoms in total.